The van der Waals surface area contributed by atoms with E-state index in [0.29, 0.717) is 12.8 Å². The zero-order valence-electron chi connectivity index (χ0n) is 10.7. The number of methoxy groups -OCH3 is 2. The van der Waals surface area contributed by atoms with Crippen molar-refractivity contribution in [1.29, 1.82) is 0 Å². The molecule has 0 saturated carbocycles. The standard InChI is InChI=1S/C11H17NO7/c1-18-10(16)6-4-3-5-12(6)9(15)7(13)8(14)11(17)19-2/h6-8,13-14H,3-5H2,1-2H3/t6-,7-,8+/m0/s1. The van der Waals surface area contributed by atoms with Gasteiger partial charge in [0, 0.05) is 6.54 Å². The Kier molecular flexibility index (Phi) is 5.25. The predicted molar refractivity (Wildman–Crippen MR) is 60.8 cm³/mol. The lowest BCUT2D eigenvalue weighted by atomic mass is 10.1. The minimum Gasteiger partial charge on any atom is -0.467 e. The van der Waals surface area contributed by atoms with Crippen LogP contribution in [0.2, 0.25) is 0 Å². The van der Waals surface area contributed by atoms with Crippen molar-refractivity contribution in [2.24, 2.45) is 0 Å². The summed E-state index contributed by atoms with van der Waals surface area (Å²) in [5, 5.41) is 19.0. The van der Waals surface area contributed by atoms with Gasteiger partial charge in [-0.3, -0.25) is 4.79 Å². The molecular formula is C11H17NO7. The van der Waals surface area contributed by atoms with Crippen LogP contribution in [0.1, 0.15) is 12.8 Å². The lowest BCUT2D eigenvalue weighted by molar-refractivity contribution is -0.166. The van der Waals surface area contributed by atoms with E-state index in [1.807, 2.05) is 0 Å². The number of aliphatic hydroxyl groups excluding tert-OH is 2. The zero-order valence-corrected chi connectivity index (χ0v) is 10.7. The topological polar surface area (TPSA) is 113 Å². The first kappa shape index (κ1) is 15.4. The highest BCUT2D eigenvalue weighted by molar-refractivity contribution is 5.91. The molecule has 0 unspecified atom stereocenters. The van der Waals surface area contributed by atoms with Crippen molar-refractivity contribution >= 4 is 17.8 Å². The van der Waals surface area contributed by atoms with Gasteiger partial charge in [-0.2, -0.15) is 0 Å². The van der Waals surface area contributed by atoms with Crippen LogP contribution in [-0.4, -0.2) is 72.0 Å². The normalized spacial score (nSPS) is 21.7. The molecule has 108 valence electrons. The molecule has 3 atom stereocenters. The molecule has 1 heterocycles. The third-order valence-electron chi connectivity index (χ3n) is 3.00. The Morgan fingerprint density at radius 3 is 2.32 bits per heavy atom. The molecule has 1 saturated heterocycles. The van der Waals surface area contributed by atoms with Crippen molar-refractivity contribution in [3.05, 3.63) is 0 Å². The first-order valence-electron chi connectivity index (χ1n) is 5.76. The Hall–Kier alpha value is -1.67. The summed E-state index contributed by atoms with van der Waals surface area (Å²) in [6, 6.07) is -0.794. The molecule has 19 heavy (non-hydrogen) atoms. The third kappa shape index (κ3) is 3.21. The van der Waals surface area contributed by atoms with Gasteiger partial charge < -0.3 is 24.6 Å². The second kappa shape index (κ2) is 6.48. The van der Waals surface area contributed by atoms with E-state index < -0.39 is 36.1 Å². The maximum absolute atomic E-state index is 11.9. The number of nitrogens with zero attached hydrogens (tertiary/aromatic N) is 1. The van der Waals surface area contributed by atoms with E-state index >= 15 is 0 Å². The second-order valence-corrected chi connectivity index (χ2v) is 4.13. The number of amides is 1. The fourth-order valence-electron chi connectivity index (χ4n) is 1.97. The van der Waals surface area contributed by atoms with Crippen molar-refractivity contribution in [3.8, 4) is 0 Å². The van der Waals surface area contributed by atoms with E-state index in [9.17, 15) is 24.6 Å². The first-order valence-corrected chi connectivity index (χ1v) is 5.76. The van der Waals surface area contributed by atoms with Gasteiger partial charge in [-0.25, -0.2) is 9.59 Å². The lowest BCUT2D eigenvalue weighted by Gasteiger charge is -2.26. The average molecular weight is 275 g/mol. The Bertz CT molecular complexity index is 370. The molecule has 1 amide bonds. The fourth-order valence-corrected chi connectivity index (χ4v) is 1.97. The van der Waals surface area contributed by atoms with Gasteiger partial charge in [0.05, 0.1) is 14.2 Å². The summed E-state index contributed by atoms with van der Waals surface area (Å²) in [4.78, 5) is 35.5. The van der Waals surface area contributed by atoms with Crippen molar-refractivity contribution < 1.29 is 34.1 Å². The first-order chi connectivity index (χ1) is 8.93. The Labute approximate surface area is 109 Å². The number of ether oxygens (including phenoxy) is 2. The van der Waals surface area contributed by atoms with Gasteiger partial charge in [-0.1, -0.05) is 0 Å². The third-order valence-corrected chi connectivity index (χ3v) is 3.00. The maximum atomic E-state index is 11.9. The molecule has 0 spiro atoms. The lowest BCUT2D eigenvalue weighted by Crippen LogP contribution is -2.51. The molecule has 0 aromatic rings. The van der Waals surface area contributed by atoms with Gasteiger partial charge in [0.25, 0.3) is 5.91 Å². The minimum atomic E-state index is -1.98. The van der Waals surface area contributed by atoms with Crippen LogP contribution in [0.4, 0.5) is 0 Å². The largest absolute Gasteiger partial charge is 0.467 e. The summed E-state index contributed by atoms with van der Waals surface area (Å²) in [6.45, 7) is 0.254. The van der Waals surface area contributed by atoms with Gasteiger partial charge in [0.15, 0.2) is 12.2 Å². The van der Waals surface area contributed by atoms with Crippen molar-refractivity contribution in [2.45, 2.75) is 31.1 Å². The van der Waals surface area contributed by atoms with Gasteiger partial charge in [0.1, 0.15) is 6.04 Å². The summed E-state index contributed by atoms with van der Waals surface area (Å²) in [5.74, 6) is -2.61. The maximum Gasteiger partial charge on any atom is 0.338 e. The number of carbonyl (C=O) groups is 3. The van der Waals surface area contributed by atoms with Crippen molar-refractivity contribution in [1.82, 2.24) is 4.90 Å². The molecule has 0 radical (unpaired) electrons. The van der Waals surface area contributed by atoms with E-state index in [-0.39, 0.29) is 6.54 Å². The van der Waals surface area contributed by atoms with E-state index in [1.165, 1.54) is 7.11 Å². The number of rotatable bonds is 4. The molecule has 8 heteroatoms. The number of esters is 2. The molecule has 0 aromatic heterocycles. The highest BCUT2D eigenvalue weighted by Gasteiger charge is 2.41. The quantitative estimate of drug-likeness (QED) is 0.573. The summed E-state index contributed by atoms with van der Waals surface area (Å²) < 4.78 is 8.78. The van der Waals surface area contributed by atoms with Gasteiger partial charge >= 0.3 is 11.9 Å². The highest BCUT2D eigenvalue weighted by Crippen LogP contribution is 2.20. The molecule has 1 fully saturated rings. The highest BCUT2D eigenvalue weighted by atomic mass is 16.5. The molecule has 0 aliphatic carbocycles. The van der Waals surface area contributed by atoms with Gasteiger partial charge in [-0.15, -0.1) is 0 Å². The Morgan fingerprint density at radius 1 is 1.16 bits per heavy atom. The minimum absolute atomic E-state index is 0.254. The van der Waals surface area contributed by atoms with Crippen LogP contribution in [-0.2, 0) is 23.9 Å². The molecule has 0 bridgehead atoms. The zero-order chi connectivity index (χ0) is 14.6. The number of hydrogen-bond acceptors (Lipinski definition) is 7. The number of hydrogen-bond donors (Lipinski definition) is 2. The monoisotopic (exact) mass is 275 g/mol. The van der Waals surface area contributed by atoms with Crippen LogP contribution in [0.15, 0.2) is 0 Å². The van der Waals surface area contributed by atoms with Crippen LogP contribution in [0.3, 0.4) is 0 Å². The molecule has 0 aromatic carbocycles. The summed E-state index contributed by atoms with van der Waals surface area (Å²) in [6.07, 6.45) is -2.94. The fraction of sp³-hybridized carbons (Fsp3) is 0.727. The Balaban J connectivity index is 2.76. The van der Waals surface area contributed by atoms with Crippen molar-refractivity contribution in [3.63, 3.8) is 0 Å². The van der Waals surface area contributed by atoms with Gasteiger partial charge in [-0.05, 0) is 12.8 Å². The number of likely N-dealkylation sites (tertiary alicyclic amines) is 1. The van der Waals surface area contributed by atoms with E-state index in [0.717, 1.165) is 12.0 Å². The predicted octanol–water partition coefficient (Wildman–Crippen LogP) is -1.95. The van der Waals surface area contributed by atoms with E-state index in [4.69, 9.17) is 0 Å². The van der Waals surface area contributed by atoms with Crippen molar-refractivity contribution in [2.75, 3.05) is 20.8 Å². The molecule has 1 aliphatic rings. The van der Waals surface area contributed by atoms with E-state index in [2.05, 4.69) is 9.47 Å². The number of carbonyl (C=O) groups excluding carboxylic acids is 3. The molecule has 1 aliphatic heterocycles. The molecular weight excluding hydrogens is 258 g/mol. The second-order valence-electron chi connectivity index (χ2n) is 4.13. The van der Waals surface area contributed by atoms with Crippen LogP contribution in [0.5, 0.6) is 0 Å². The molecule has 8 nitrogen and oxygen atoms in total. The van der Waals surface area contributed by atoms with Crippen LogP contribution in [0, 0.1) is 0 Å². The van der Waals surface area contributed by atoms with Crippen LogP contribution < -0.4 is 0 Å². The molecule has 2 N–H and O–H groups in total. The SMILES string of the molecule is COC(=O)[C@H](O)[C@H](O)C(=O)N1CCC[C@H]1C(=O)OC. The summed E-state index contributed by atoms with van der Waals surface area (Å²) >= 11 is 0. The van der Waals surface area contributed by atoms with Gasteiger partial charge in [0.2, 0.25) is 0 Å². The van der Waals surface area contributed by atoms with Crippen LogP contribution in [0.25, 0.3) is 0 Å². The summed E-state index contributed by atoms with van der Waals surface area (Å²) in [5.41, 5.74) is 0. The van der Waals surface area contributed by atoms with Crippen LogP contribution >= 0.6 is 0 Å². The van der Waals surface area contributed by atoms with E-state index in [1.54, 1.807) is 0 Å². The molecule has 1 rings (SSSR count). The Morgan fingerprint density at radius 2 is 1.79 bits per heavy atom. The number of aliphatic hydroxyl groups is 2. The average Bonchev–Trinajstić information content (AvgIpc) is 2.92. The summed E-state index contributed by atoms with van der Waals surface area (Å²) in [7, 11) is 2.22. The smallest absolute Gasteiger partial charge is 0.338 e.